The Hall–Kier alpha value is -1.88. The summed E-state index contributed by atoms with van der Waals surface area (Å²) >= 11 is 0. The van der Waals surface area contributed by atoms with Gasteiger partial charge in [0.1, 0.15) is 85.1 Å². The third kappa shape index (κ3) is 9.41. The number of hydrogen-bond donors (Lipinski definition) is 12. The zero-order valence-electron chi connectivity index (χ0n) is 44.3. The number of carbonyl (C=O) groups excluding carboxylic acids is 1. The third-order valence-electron chi connectivity index (χ3n) is 21.0. The van der Waals surface area contributed by atoms with E-state index in [-0.39, 0.29) is 52.8 Å². The van der Waals surface area contributed by atoms with Crippen LogP contribution in [0, 0.1) is 50.2 Å². The van der Waals surface area contributed by atoms with Crippen molar-refractivity contribution in [2.75, 3.05) is 19.8 Å². The molecule has 4 saturated heterocycles. The molecular formula is C53H84O22. The Balaban J connectivity index is 0.940. The summed E-state index contributed by atoms with van der Waals surface area (Å²) in [7, 11) is 0. The van der Waals surface area contributed by atoms with Gasteiger partial charge in [0, 0.05) is 11.8 Å². The summed E-state index contributed by atoms with van der Waals surface area (Å²) in [5, 5.41) is 127. The number of aliphatic hydroxyl groups is 11. The SMILES string of the molecule is C[C@@H]1O[C@@H](O[C@H]2[C@H](O[C@H]3[C@@H](O[C@H]4CC[C@]5(C)[C@H]6CC=C7[C@@H]8C[C@](C)(CO[C@@H]9O[C@H](CO)[C@@H](O)[C@H](O)[C@H]9O)CC(=O)[C@]8(C)CC[C@@]7(C)[C@]6(C)CC[C@H]5C4(C)C)O[C@H](C(=O)O)[C@@H](O)[C@@H]3O)OC[C@@H](O)[C@@H]2O)[C@H](O)[C@H](O)[C@H]1O. The van der Waals surface area contributed by atoms with Crippen LogP contribution >= 0.6 is 0 Å². The zero-order chi connectivity index (χ0) is 54.9. The predicted molar refractivity (Wildman–Crippen MR) is 256 cm³/mol. The molecule has 0 amide bonds. The van der Waals surface area contributed by atoms with Gasteiger partial charge in [0.15, 0.2) is 31.3 Å². The van der Waals surface area contributed by atoms with Gasteiger partial charge in [-0.3, -0.25) is 4.79 Å². The molecule has 22 nitrogen and oxygen atoms in total. The lowest BCUT2D eigenvalue weighted by Crippen LogP contribution is -2.67. The Labute approximate surface area is 437 Å². The average Bonchev–Trinajstić information content (AvgIpc) is 3.37. The monoisotopic (exact) mass is 1070 g/mol. The van der Waals surface area contributed by atoms with E-state index in [0.29, 0.717) is 25.7 Å². The first kappa shape index (κ1) is 57.8. The second-order valence-electron chi connectivity index (χ2n) is 25.8. The molecule has 0 radical (unpaired) electrons. The normalized spacial score (nSPS) is 54.9. The van der Waals surface area contributed by atoms with Gasteiger partial charge in [-0.25, -0.2) is 4.79 Å². The van der Waals surface area contributed by atoms with Crippen molar-refractivity contribution in [1.29, 1.82) is 0 Å². The molecule has 0 spiro atoms. The molecule has 22 heteroatoms. The van der Waals surface area contributed by atoms with Crippen LogP contribution in [0.2, 0.25) is 0 Å². The largest absolute Gasteiger partial charge is 0.479 e. The highest BCUT2D eigenvalue weighted by atomic mass is 16.8. The van der Waals surface area contributed by atoms with E-state index >= 15 is 0 Å². The van der Waals surface area contributed by atoms with Crippen LogP contribution in [-0.2, 0) is 47.5 Å². The van der Waals surface area contributed by atoms with E-state index in [1.807, 2.05) is 6.92 Å². The molecule has 28 atom stereocenters. The number of carbonyl (C=O) groups is 2. The number of Topliss-reactive ketones (excluding diaryl/α,β-unsaturated/α-hetero) is 1. The van der Waals surface area contributed by atoms with Gasteiger partial charge >= 0.3 is 5.97 Å². The summed E-state index contributed by atoms with van der Waals surface area (Å²) in [5.41, 5.74) is -1.26. The first-order valence-electron chi connectivity index (χ1n) is 27.0. The highest BCUT2D eigenvalue weighted by molar-refractivity contribution is 5.87. The molecule has 428 valence electrons. The summed E-state index contributed by atoms with van der Waals surface area (Å²) < 4.78 is 48.1. The third-order valence-corrected chi connectivity index (χ3v) is 21.0. The minimum atomic E-state index is -2.01. The van der Waals surface area contributed by atoms with E-state index in [9.17, 15) is 70.9 Å². The molecule has 9 aliphatic rings. The number of ether oxygens (including phenoxy) is 8. The first-order valence-corrected chi connectivity index (χ1v) is 27.0. The Bertz CT molecular complexity index is 2130. The quantitative estimate of drug-likeness (QED) is 0.0906. The fourth-order valence-electron chi connectivity index (χ4n) is 16.1. The molecule has 0 aromatic carbocycles. The van der Waals surface area contributed by atoms with Crippen molar-refractivity contribution < 1.29 is 109 Å². The molecule has 8 fully saturated rings. The smallest absolute Gasteiger partial charge is 0.335 e. The van der Waals surface area contributed by atoms with E-state index in [1.54, 1.807) is 0 Å². The molecular weight excluding hydrogens is 989 g/mol. The fraction of sp³-hybridized carbons (Fsp3) is 0.925. The van der Waals surface area contributed by atoms with Gasteiger partial charge in [-0.05, 0) is 103 Å². The molecule has 4 saturated carbocycles. The van der Waals surface area contributed by atoms with Crippen molar-refractivity contribution in [3.05, 3.63) is 11.6 Å². The summed E-state index contributed by atoms with van der Waals surface area (Å²) in [4.78, 5) is 26.9. The topological polar surface area (TPSA) is 351 Å². The molecule has 5 aliphatic carbocycles. The highest BCUT2D eigenvalue weighted by Crippen LogP contribution is 2.75. The number of rotatable bonds is 11. The average molecular weight is 1070 g/mol. The van der Waals surface area contributed by atoms with Gasteiger partial charge in [-0.1, -0.05) is 60.1 Å². The summed E-state index contributed by atoms with van der Waals surface area (Å²) in [5.74, 6) is -1.23. The zero-order valence-corrected chi connectivity index (χ0v) is 44.3. The van der Waals surface area contributed by atoms with E-state index in [1.165, 1.54) is 12.5 Å². The molecule has 75 heavy (non-hydrogen) atoms. The molecule has 12 N–H and O–H groups in total. The van der Waals surface area contributed by atoms with Crippen molar-refractivity contribution in [3.8, 4) is 0 Å². The molecule has 0 aromatic heterocycles. The van der Waals surface area contributed by atoms with Crippen LogP contribution in [-0.4, -0.2) is 216 Å². The lowest BCUT2D eigenvalue weighted by Gasteiger charge is -2.71. The van der Waals surface area contributed by atoms with Gasteiger partial charge in [-0.15, -0.1) is 0 Å². The molecule has 0 bridgehead atoms. The Morgan fingerprint density at radius 1 is 0.680 bits per heavy atom. The fourth-order valence-corrected chi connectivity index (χ4v) is 16.1. The number of aliphatic hydroxyl groups excluding tert-OH is 11. The second kappa shape index (κ2) is 20.6. The van der Waals surface area contributed by atoms with Crippen LogP contribution in [0.25, 0.3) is 0 Å². The van der Waals surface area contributed by atoms with Crippen LogP contribution in [0.5, 0.6) is 0 Å². The molecule has 4 aliphatic heterocycles. The van der Waals surface area contributed by atoms with Crippen LogP contribution in [0.15, 0.2) is 11.6 Å². The van der Waals surface area contributed by atoms with Crippen molar-refractivity contribution >= 4 is 11.8 Å². The minimum Gasteiger partial charge on any atom is -0.479 e. The maximum absolute atomic E-state index is 14.4. The lowest BCUT2D eigenvalue weighted by molar-refractivity contribution is -0.386. The molecule has 4 heterocycles. The number of allylic oxidation sites excluding steroid dienone is 2. The van der Waals surface area contributed by atoms with Gasteiger partial charge in [0.25, 0.3) is 0 Å². The predicted octanol–water partition coefficient (Wildman–Crippen LogP) is -0.624. The Morgan fingerprint density at radius 2 is 1.33 bits per heavy atom. The summed E-state index contributed by atoms with van der Waals surface area (Å²) in [6, 6.07) is 0. The lowest BCUT2D eigenvalue weighted by atomic mass is 9.33. The van der Waals surface area contributed by atoms with Crippen LogP contribution in [0.4, 0.5) is 0 Å². The number of hydrogen-bond acceptors (Lipinski definition) is 21. The van der Waals surface area contributed by atoms with E-state index in [2.05, 4.69) is 47.6 Å². The van der Waals surface area contributed by atoms with Gasteiger partial charge < -0.3 is 99.2 Å². The standard InChI is InChI=1S/C53H84O22/c1-22-31(57)34(60)39(65)45(70-22)74-41-32(58)25(55)20-68-46(41)75-42-37(63)36(62)40(43(66)67)73-47(42)72-30-12-13-51(6)27(48(30,2)3)11-14-53(8)28(51)10-9-23-24-17-49(4,18-29(56)50(24,5)15-16-52(23,53)7)21-69-44-38(64)35(61)33(59)26(19-54)71-44/h9,22,24-28,30-42,44-47,54-55,57-65H,10-21H2,1-8H3,(H,66,67)/t22-,24-,25+,26+,27-,28+,30-,31-,32-,33+,34+,35-,36-,37-,38+,39+,40-,41+,42+,44+,45-,46-,47-,49-,50+,51-,52+,53+/m0/s1. The second-order valence-corrected chi connectivity index (χ2v) is 25.8. The maximum atomic E-state index is 14.4. The molecule has 9 rings (SSSR count). The molecule has 0 unspecified atom stereocenters. The van der Waals surface area contributed by atoms with Crippen LogP contribution in [0.1, 0.15) is 113 Å². The summed E-state index contributed by atoms with van der Waals surface area (Å²) in [6.45, 7) is 15.9. The number of aliphatic carboxylic acids is 1. The van der Waals surface area contributed by atoms with E-state index < -0.39 is 158 Å². The summed E-state index contributed by atoms with van der Waals surface area (Å²) in [6.07, 6.45) is -22.7. The Kier molecular flexibility index (Phi) is 15.9. The van der Waals surface area contributed by atoms with E-state index in [4.69, 9.17) is 37.9 Å². The van der Waals surface area contributed by atoms with Gasteiger partial charge in [0.05, 0.1) is 32.0 Å². The van der Waals surface area contributed by atoms with E-state index in [0.717, 1.165) is 25.7 Å². The highest BCUT2D eigenvalue weighted by Gasteiger charge is 2.70. The minimum absolute atomic E-state index is 0.0419. The molecule has 0 aromatic rings. The number of carboxylic acid groups (broad SMARTS) is 1. The van der Waals surface area contributed by atoms with Crippen LogP contribution < -0.4 is 0 Å². The maximum Gasteiger partial charge on any atom is 0.335 e. The number of ketones is 1. The van der Waals surface area contributed by atoms with Crippen molar-refractivity contribution in [3.63, 3.8) is 0 Å². The van der Waals surface area contributed by atoms with Gasteiger partial charge in [-0.2, -0.15) is 0 Å². The van der Waals surface area contributed by atoms with Crippen LogP contribution in [0.3, 0.4) is 0 Å². The van der Waals surface area contributed by atoms with Crippen molar-refractivity contribution in [1.82, 2.24) is 0 Å². The number of fused-ring (bicyclic) bond motifs is 7. The van der Waals surface area contributed by atoms with Gasteiger partial charge in [0.2, 0.25) is 0 Å². The number of carboxylic acids is 1. The first-order chi connectivity index (χ1) is 35.0. The Morgan fingerprint density at radius 3 is 2.01 bits per heavy atom. The van der Waals surface area contributed by atoms with Crippen molar-refractivity contribution in [2.24, 2.45) is 50.2 Å². The van der Waals surface area contributed by atoms with Crippen molar-refractivity contribution in [2.45, 2.75) is 236 Å².